The largest absolute Gasteiger partial charge is 0.399 e. The molecule has 90 valence electrons. The van der Waals surface area contributed by atoms with E-state index in [0.717, 1.165) is 11.1 Å². The molecule has 5 heteroatoms. The van der Waals surface area contributed by atoms with Crippen molar-refractivity contribution in [3.8, 4) is 0 Å². The van der Waals surface area contributed by atoms with E-state index < -0.39 is 0 Å². The fraction of sp³-hybridized carbons (Fsp3) is 0.0769. The van der Waals surface area contributed by atoms with E-state index in [-0.39, 0.29) is 5.56 Å². The molecule has 3 N–H and O–H groups in total. The van der Waals surface area contributed by atoms with Gasteiger partial charge in [-0.1, -0.05) is 6.07 Å². The number of hydrogen-bond donors (Lipinski definition) is 2. The maximum atomic E-state index is 11.7. The molecule has 18 heavy (non-hydrogen) atoms. The third-order valence-corrected chi connectivity index (χ3v) is 3.58. The number of aromatic nitrogens is 2. The van der Waals surface area contributed by atoms with E-state index in [1.165, 1.54) is 5.56 Å². The maximum absolute atomic E-state index is 11.7. The molecule has 2 heterocycles. The molecule has 0 radical (unpaired) electrons. The third kappa shape index (κ3) is 1.89. The zero-order valence-electron chi connectivity index (χ0n) is 9.51. The summed E-state index contributed by atoms with van der Waals surface area (Å²) in [4.78, 5) is 11.7. The average molecular weight is 257 g/mol. The summed E-state index contributed by atoms with van der Waals surface area (Å²) in [6.07, 6.45) is 0.709. The van der Waals surface area contributed by atoms with E-state index >= 15 is 0 Å². The number of nitrogens with zero attached hydrogens (tertiary/aromatic N) is 1. The standard InChI is InChI=1S/C13H11N3OS/c14-9-1-2-10-11(6-9)13(17)16-15-12(10)5-8-3-4-18-7-8/h1-4,6-7H,5,14H2,(H,16,17). The van der Waals surface area contributed by atoms with Crippen LogP contribution in [0, 0.1) is 0 Å². The Balaban J connectivity index is 2.18. The number of rotatable bonds is 2. The van der Waals surface area contributed by atoms with Crippen LogP contribution in [0.4, 0.5) is 5.69 Å². The Kier molecular flexibility index (Phi) is 2.60. The van der Waals surface area contributed by atoms with Crippen molar-refractivity contribution in [1.29, 1.82) is 0 Å². The zero-order chi connectivity index (χ0) is 12.5. The highest BCUT2D eigenvalue weighted by molar-refractivity contribution is 7.07. The number of fused-ring (bicyclic) bond motifs is 1. The second-order valence-electron chi connectivity index (χ2n) is 4.11. The SMILES string of the molecule is Nc1ccc2c(Cc3ccsc3)n[nH]c(=O)c2c1. The minimum atomic E-state index is -0.202. The zero-order valence-corrected chi connectivity index (χ0v) is 10.3. The summed E-state index contributed by atoms with van der Waals surface area (Å²) < 4.78 is 0. The first-order valence-electron chi connectivity index (χ1n) is 5.52. The number of benzene rings is 1. The monoisotopic (exact) mass is 257 g/mol. The van der Waals surface area contributed by atoms with Crippen LogP contribution in [0.2, 0.25) is 0 Å². The molecule has 4 nitrogen and oxygen atoms in total. The highest BCUT2D eigenvalue weighted by atomic mass is 32.1. The van der Waals surface area contributed by atoms with Crippen LogP contribution < -0.4 is 11.3 Å². The molecule has 3 aromatic rings. The van der Waals surface area contributed by atoms with Gasteiger partial charge in [0.2, 0.25) is 0 Å². The van der Waals surface area contributed by atoms with Crippen molar-refractivity contribution >= 4 is 27.8 Å². The summed E-state index contributed by atoms with van der Waals surface area (Å²) in [6, 6.07) is 7.39. The predicted octanol–water partition coefficient (Wildman–Crippen LogP) is 2.16. The summed E-state index contributed by atoms with van der Waals surface area (Å²) in [5, 5.41) is 12.2. The Morgan fingerprint density at radius 3 is 2.94 bits per heavy atom. The molecule has 0 spiro atoms. The Hall–Kier alpha value is -2.14. The number of anilines is 1. The van der Waals surface area contributed by atoms with Gasteiger partial charge in [0.1, 0.15) is 0 Å². The molecular weight excluding hydrogens is 246 g/mol. The van der Waals surface area contributed by atoms with Crippen molar-refractivity contribution in [1.82, 2.24) is 10.2 Å². The van der Waals surface area contributed by atoms with Crippen molar-refractivity contribution in [3.05, 3.63) is 56.6 Å². The van der Waals surface area contributed by atoms with E-state index in [4.69, 9.17) is 5.73 Å². The average Bonchev–Trinajstić information content (AvgIpc) is 2.86. The first-order valence-corrected chi connectivity index (χ1v) is 6.46. The van der Waals surface area contributed by atoms with Gasteiger partial charge < -0.3 is 5.73 Å². The lowest BCUT2D eigenvalue weighted by Gasteiger charge is -2.04. The summed E-state index contributed by atoms with van der Waals surface area (Å²) in [5.74, 6) is 0. The first-order chi connectivity index (χ1) is 8.74. The van der Waals surface area contributed by atoms with E-state index in [1.54, 1.807) is 23.5 Å². The number of nitrogens with one attached hydrogen (secondary N) is 1. The summed E-state index contributed by atoms with van der Waals surface area (Å²) >= 11 is 1.65. The number of thiophene rings is 1. The van der Waals surface area contributed by atoms with Crippen LogP contribution in [0.3, 0.4) is 0 Å². The first kappa shape index (κ1) is 11.0. The highest BCUT2D eigenvalue weighted by Crippen LogP contribution is 2.19. The van der Waals surface area contributed by atoms with Gasteiger partial charge in [-0.2, -0.15) is 16.4 Å². The second-order valence-corrected chi connectivity index (χ2v) is 4.89. The third-order valence-electron chi connectivity index (χ3n) is 2.84. The summed E-state index contributed by atoms with van der Waals surface area (Å²) in [7, 11) is 0. The van der Waals surface area contributed by atoms with Gasteiger partial charge in [0.05, 0.1) is 11.1 Å². The number of H-pyrrole nitrogens is 1. The Morgan fingerprint density at radius 1 is 1.28 bits per heavy atom. The quantitative estimate of drug-likeness (QED) is 0.691. The van der Waals surface area contributed by atoms with Gasteiger partial charge in [-0.05, 0) is 34.5 Å². The number of nitrogen functional groups attached to an aromatic ring is 1. The van der Waals surface area contributed by atoms with Crippen molar-refractivity contribution in [2.75, 3.05) is 5.73 Å². The number of hydrogen-bond acceptors (Lipinski definition) is 4. The molecule has 2 aromatic heterocycles. The lowest BCUT2D eigenvalue weighted by Crippen LogP contribution is -2.11. The van der Waals surface area contributed by atoms with Gasteiger partial charge in [0.15, 0.2) is 0 Å². The Morgan fingerprint density at radius 2 is 2.17 bits per heavy atom. The van der Waals surface area contributed by atoms with E-state index in [9.17, 15) is 4.79 Å². The molecule has 0 bridgehead atoms. The van der Waals surface area contributed by atoms with E-state index in [2.05, 4.69) is 21.6 Å². The van der Waals surface area contributed by atoms with Crippen molar-refractivity contribution in [2.45, 2.75) is 6.42 Å². The molecule has 0 atom stereocenters. The summed E-state index contributed by atoms with van der Waals surface area (Å²) in [6.45, 7) is 0. The van der Waals surface area contributed by atoms with Crippen molar-refractivity contribution in [2.24, 2.45) is 0 Å². The minimum absolute atomic E-state index is 0.202. The smallest absolute Gasteiger partial charge is 0.272 e. The van der Waals surface area contributed by atoms with Gasteiger partial charge in [-0.3, -0.25) is 4.79 Å². The van der Waals surface area contributed by atoms with Gasteiger partial charge in [-0.15, -0.1) is 0 Å². The van der Waals surface area contributed by atoms with Crippen LogP contribution in [-0.4, -0.2) is 10.2 Å². The molecular formula is C13H11N3OS. The molecule has 0 unspecified atom stereocenters. The van der Waals surface area contributed by atoms with Crippen LogP contribution in [-0.2, 0) is 6.42 Å². The van der Waals surface area contributed by atoms with Gasteiger partial charge in [0.25, 0.3) is 5.56 Å². The molecule has 0 amide bonds. The van der Waals surface area contributed by atoms with Crippen molar-refractivity contribution in [3.63, 3.8) is 0 Å². The van der Waals surface area contributed by atoms with Crippen molar-refractivity contribution < 1.29 is 0 Å². The Labute approximate surface area is 107 Å². The van der Waals surface area contributed by atoms with E-state index in [0.29, 0.717) is 17.5 Å². The lowest BCUT2D eigenvalue weighted by molar-refractivity contribution is 0.936. The van der Waals surface area contributed by atoms with Gasteiger partial charge in [0, 0.05) is 17.5 Å². The normalized spacial score (nSPS) is 10.9. The van der Waals surface area contributed by atoms with Crippen LogP contribution in [0.15, 0.2) is 39.8 Å². The second kappa shape index (κ2) is 4.27. The van der Waals surface area contributed by atoms with Gasteiger partial charge >= 0.3 is 0 Å². The molecule has 0 fully saturated rings. The molecule has 0 aliphatic heterocycles. The number of nitrogens with two attached hydrogens (primary N) is 1. The van der Waals surface area contributed by atoms with Crippen LogP contribution in [0.25, 0.3) is 10.8 Å². The fourth-order valence-corrected chi connectivity index (χ4v) is 2.63. The molecule has 1 aromatic carbocycles. The van der Waals surface area contributed by atoms with Crippen LogP contribution in [0.1, 0.15) is 11.3 Å². The molecule has 3 rings (SSSR count). The number of aromatic amines is 1. The Bertz CT molecular complexity index is 747. The minimum Gasteiger partial charge on any atom is -0.399 e. The van der Waals surface area contributed by atoms with Gasteiger partial charge in [-0.25, -0.2) is 5.10 Å². The maximum Gasteiger partial charge on any atom is 0.272 e. The fourth-order valence-electron chi connectivity index (χ4n) is 1.96. The lowest BCUT2D eigenvalue weighted by atomic mass is 10.1. The molecule has 0 saturated carbocycles. The molecule has 0 aliphatic rings. The van der Waals surface area contributed by atoms with Crippen LogP contribution >= 0.6 is 11.3 Å². The van der Waals surface area contributed by atoms with Crippen LogP contribution in [0.5, 0.6) is 0 Å². The molecule has 0 aliphatic carbocycles. The van der Waals surface area contributed by atoms with E-state index in [1.807, 2.05) is 11.4 Å². The topological polar surface area (TPSA) is 71.8 Å². The highest BCUT2D eigenvalue weighted by Gasteiger charge is 2.07. The summed E-state index contributed by atoms with van der Waals surface area (Å²) in [5.41, 5.74) is 8.15. The molecule has 0 saturated heterocycles. The predicted molar refractivity (Wildman–Crippen MR) is 73.9 cm³/mol.